The lowest BCUT2D eigenvalue weighted by atomic mass is 9.75. The third kappa shape index (κ3) is 4.37. The summed E-state index contributed by atoms with van der Waals surface area (Å²) in [6.45, 7) is 1.69. The molecule has 0 aromatic heterocycles. The monoisotopic (exact) mass is 402 g/mol. The zero-order chi connectivity index (χ0) is 19.5. The van der Waals surface area contributed by atoms with E-state index in [1.54, 1.807) is 12.1 Å². The van der Waals surface area contributed by atoms with Gasteiger partial charge in [-0.1, -0.05) is 50.1 Å². The van der Waals surface area contributed by atoms with Crippen LogP contribution in [0.25, 0.3) is 0 Å². The smallest absolute Gasteiger partial charge is 0.255 e. The van der Waals surface area contributed by atoms with Gasteiger partial charge in [-0.05, 0) is 55.7 Å². The van der Waals surface area contributed by atoms with Gasteiger partial charge in [-0.3, -0.25) is 9.59 Å². The quantitative estimate of drug-likeness (QED) is 0.724. The largest absolute Gasteiger partial charge is 0.338 e. The Kier molecular flexibility index (Phi) is 6.25. The third-order valence-electron chi connectivity index (χ3n) is 7.02. The summed E-state index contributed by atoms with van der Waals surface area (Å²) in [6, 6.07) is 5.31. The molecule has 1 N–H and O–H groups in total. The van der Waals surface area contributed by atoms with Gasteiger partial charge < -0.3 is 10.2 Å². The van der Waals surface area contributed by atoms with Crippen molar-refractivity contribution in [3.63, 3.8) is 0 Å². The van der Waals surface area contributed by atoms with Gasteiger partial charge >= 0.3 is 0 Å². The fraction of sp³-hybridized carbons (Fsp3) is 0.652. The fourth-order valence-electron chi connectivity index (χ4n) is 5.33. The Morgan fingerprint density at radius 2 is 1.64 bits per heavy atom. The molecule has 2 aliphatic carbocycles. The van der Waals surface area contributed by atoms with Crippen LogP contribution in [0, 0.1) is 17.8 Å². The van der Waals surface area contributed by atoms with Crippen LogP contribution in [0.2, 0.25) is 5.02 Å². The zero-order valence-corrected chi connectivity index (χ0v) is 17.3. The number of benzene rings is 1. The van der Waals surface area contributed by atoms with Crippen LogP contribution in [0.4, 0.5) is 5.69 Å². The lowest BCUT2D eigenvalue weighted by Gasteiger charge is -2.41. The summed E-state index contributed by atoms with van der Waals surface area (Å²) < 4.78 is 0. The van der Waals surface area contributed by atoms with Crippen LogP contribution in [0.1, 0.15) is 74.6 Å². The summed E-state index contributed by atoms with van der Waals surface area (Å²) in [6.07, 6.45) is 11.7. The van der Waals surface area contributed by atoms with Gasteiger partial charge in [0.15, 0.2) is 0 Å². The van der Waals surface area contributed by atoms with E-state index < -0.39 is 0 Å². The maximum absolute atomic E-state index is 13.0. The number of rotatable bonds is 3. The van der Waals surface area contributed by atoms with E-state index in [1.807, 2.05) is 11.0 Å². The van der Waals surface area contributed by atoms with E-state index in [0.717, 1.165) is 51.1 Å². The van der Waals surface area contributed by atoms with Gasteiger partial charge in [0.25, 0.3) is 5.91 Å². The van der Waals surface area contributed by atoms with Crippen molar-refractivity contribution >= 4 is 29.1 Å². The van der Waals surface area contributed by atoms with Crippen LogP contribution < -0.4 is 5.32 Å². The Labute approximate surface area is 173 Å². The van der Waals surface area contributed by atoms with Crippen molar-refractivity contribution in [1.29, 1.82) is 0 Å². The summed E-state index contributed by atoms with van der Waals surface area (Å²) in [7, 11) is 0. The summed E-state index contributed by atoms with van der Waals surface area (Å²) in [5, 5.41) is 3.42. The predicted octanol–water partition coefficient (Wildman–Crippen LogP) is 5.51. The van der Waals surface area contributed by atoms with E-state index in [9.17, 15) is 9.59 Å². The van der Waals surface area contributed by atoms with Gasteiger partial charge in [0, 0.05) is 24.7 Å². The van der Waals surface area contributed by atoms with Crippen molar-refractivity contribution in [3.05, 3.63) is 28.8 Å². The number of hydrogen-bond donors (Lipinski definition) is 1. The topological polar surface area (TPSA) is 49.4 Å². The van der Waals surface area contributed by atoms with Gasteiger partial charge in [-0.2, -0.15) is 0 Å². The Balaban J connectivity index is 1.39. The Morgan fingerprint density at radius 1 is 0.929 bits per heavy atom. The number of carbonyl (C=O) groups is 2. The first-order chi connectivity index (χ1) is 13.6. The van der Waals surface area contributed by atoms with E-state index in [2.05, 4.69) is 5.32 Å². The number of halogens is 1. The van der Waals surface area contributed by atoms with E-state index in [0.29, 0.717) is 22.2 Å². The standard InChI is InChI=1S/C23H31ClN2O2/c24-21-14-19(25-22(27)17-7-2-1-3-8-17)10-11-20(21)23(28)26-13-12-16-6-4-5-9-18(16)15-26/h10-11,14,16-18H,1-9,12-13,15H2,(H,25,27). The van der Waals surface area contributed by atoms with Gasteiger partial charge in [0.1, 0.15) is 0 Å². The molecule has 0 bridgehead atoms. The molecule has 0 radical (unpaired) electrons. The van der Waals surface area contributed by atoms with Crippen molar-refractivity contribution in [2.75, 3.05) is 18.4 Å². The fourth-order valence-corrected chi connectivity index (χ4v) is 5.59. The van der Waals surface area contributed by atoms with Gasteiger partial charge in [0.2, 0.25) is 5.91 Å². The molecule has 152 valence electrons. The van der Waals surface area contributed by atoms with Crippen LogP contribution in [-0.4, -0.2) is 29.8 Å². The van der Waals surface area contributed by atoms with E-state index in [1.165, 1.54) is 32.1 Å². The van der Waals surface area contributed by atoms with Crippen LogP contribution in [0.15, 0.2) is 18.2 Å². The second-order valence-corrected chi connectivity index (χ2v) is 9.27. The molecule has 2 saturated carbocycles. The minimum absolute atomic E-state index is 0.0270. The molecule has 28 heavy (non-hydrogen) atoms. The Bertz CT molecular complexity index is 729. The lowest BCUT2D eigenvalue weighted by Crippen LogP contribution is -2.44. The van der Waals surface area contributed by atoms with Crippen molar-refractivity contribution in [1.82, 2.24) is 4.90 Å². The molecule has 2 atom stereocenters. The van der Waals surface area contributed by atoms with Gasteiger partial charge in [-0.15, -0.1) is 0 Å². The molecule has 2 unspecified atom stereocenters. The molecular formula is C23H31ClN2O2. The normalized spacial score (nSPS) is 25.8. The van der Waals surface area contributed by atoms with Gasteiger partial charge in [0.05, 0.1) is 10.6 Å². The first kappa shape index (κ1) is 19.8. The van der Waals surface area contributed by atoms with Gasteiger partial charge in [-0.25, -0.2) is 0 Å². The summed E-state index contributed by atoms with van der Waals surface area (Å²) in [5.74, 6) is 1.66. The summed E-state index contributed by atoms with van der Waals surface area (Å²) >= 11 is 6.45. The van der Waals surface area contributed by atoms with Crippen LogP contribution in [-0.2, 0) is 4.79 Å². The molecule has 3 fully saturated rings. The molecule has 1 aromatic carbocycles. The van der Waals surface area contributed by atoms with Crippen molar-refractivity contribution in [2.45, 2.75) is 64.2 Å². The summed E-state index contributed by atoms with van der Waals surface area (Å²) in [5.41, 5.74) is 1.23. The van der Waals surface area contributed by atoms with E-state index >= 15 is 0 Å². The lowest BCUT2D eigenvalue weighted by molar-refractivity contribution is -0.120. The van der Waals surface area contributed by atoms with Crippen molar-refractivity contribution < 1.29 is 9.59 Å². The van der Waals surface area contributed by atoms with E-state index in [4.69, 9.17) is 11.6 Å². The molecule has 1 aromatic rings. The molecule has 4 nitrogen and oxygen atoms in total. The molecule has 0 spiro atoms. The zero-order valence-electron chi connectivity index (χ0n) is 16.6. The predicted molar refractivity (Wildman–Crippen MR) is 113 cm³/mol. The number of nitrogens with zero attached hydrogens (tertiary/aromatic N) is 1. The Hall–Kier alpha value is -1.55. The highest BCUT2D eigenvalue weighted by Crippen LogP contribution is 2.37. The molecular weight excluding hydrogens is 372 g/mol. The highest BCUT2D eigenvalue weighted by atomic mass is 35.5. The van der Waals surface area contributed by atoms with Crippen molar-refractivity contribution in [2.24, 2.45) is 17.8 Å². The summed E-state index contributed by atoms with van der Waals surface area (Å²) in [4.78, 5) is 27.5. The number of carbonyl (C=O) groups excluding carboxylic acids is 2. The highest BCUT2D eigenvalue weighted by Gasteiger charge is 2.33. The average Bonchev–Trinajstić information content (AvgIpc) is 2.73. The molecule has 5 heteroatoms. The SMILES string of the molecule is O=C(Nc1ccc(C(=O)N2CCC3CCCCC3C2)c(Cl)c1)C1CCCCC1. The minimum Gasteiger partial charge on any atom is -0.338 e. The molecule has 3 aliphatic rings. The molecule has 4 rings (SSSR count). The average molecular weight is 403 g/mol. The first-order valence-electron chi connectivity index (χ1n) is 11.0. The number of likely N-dealkylation sites (tertiary alicyclic amines) is 1. The maximum atomic E-state index is 13.0. The molecule has 1 aliphatic heterocycles. The third-order valence-corrected chi connectivity index (χ3v) is 7.33. The number of amides is 2. The highest BCUT2D eigenvalue weighted by molar-refractivity contribution is 6.34. The molecule has 1 saturated heterocycles. The second-order valence-electron chi connectivity index (χ2n) is 8.86. The maximum Gasteiger partial charge on any atom is 0.255 e. The van der Waals surface area contributed by atoms with Crippen molar-refractivity contribution in [3.8, 4) is 0 Å². The molecule has 2 amide bonds. The number of hydrogen-bond acceptors (Lipinski definition) is 2. The number of anilines is 1. The second kappa shape index (κ2) is 8.86. The van der Waals surface area contributed by atoms with Crippen LogP contribution in [0.5, 0.6) is 0 Å². The number of piperidine rings is 1. The van der Waals surface area contributed by atoms with E-state index in [-0.39, 0.29) is 17.7 Å². The number of nitrogens with one attached hydrogen (secondary N) is 1. The number of fused-ring (bicyclic) bond motifs is 1. The molecule has 1 heterocycles. The Morgan fingerprint density at radius 3 is 2.39 bits per heavy atom. The minimum atomic E-state index is 0.0270. The van der Waals surface area contributed by atoms with Crippen LogP contribution >= 0.6 is 11.6 Å². The first-order valence-corrected chi connectivity index (χ1v) is 11.4. The van der Waals surface area contributed by atoms with Crippen LogP contribution in [0.3, 0.4) is 0 Å².